The third-order valence-corrected chi connectivity index (χ3v) is 9.46. The lowest BCUT2D eigenvalue weighted by Crippen LogP contribution is -2.41. The molecular formula is C34H44BN3O4. The normalized spacial score (nSPS) is 20.2. The van der Waals surface area contributed by atoms with E-state index in [1.807, 2.05) is 27.0 Å². The van der Waals surface area contributed by atoms with E-state index in [0.29, 0.717) is 5.92 Å². The fraction of sp³-hybridized carbons (Fsp3) is 0.529. The van der Waals surface area contributed by atoms with Crippen LogP contribution >= 0.6 is 0 Å². The van der Waals surface area contributed by atoms with Crippen LogP contribution in [0.3, 0.4) is 0 Å². The molecule has 0 radical (unpaired) electrons. The minimum atomic E-state index is -0.548. The Bertz CT molecular complexity index is 1470. The first-order valence-electron chi connectivity index (χ1n) is 15.5. The summed E-state index contributed by atoms with van der Waals surface area (Å²) in [5.74, 6) is 1.14. The van der Waals surface area contributed by atoms with Crippen molar-refractivity contribution < 1.29 is 18.8 Å². The summed E-state index contributed by atoms with van der Waals surface area (Å²) in [6.45, 7) is 14.0. The lowest BCUT2D eigenvalue weighted by Gasteiger charge is -2.32. The largest absolute Gasteiger partial charge is 0.494 e. The van der Waals surface area contributed by atoms with Crippen LogP contribution in [0, 0.1) is 5.92 Å². The van der Waals surface area contributed by atoms with E-state index in [2.05, 4.69) is 74.4 Å². The number of hydrogen-bond acceptors (Lipinski definition) is 5. The summed E-state index contributed by atoms with van der Waals surface area (Å²) in [6.07, 6.45) is 7.93. The molecule has 0 bridgehead atoms. The van der Waals surface area contributed by atoms with E-state index in [9.17, 15) is 4.79 Å². The number of imidazole rings is 1. The standard InChI is InChI=1S/C34H44BN3O4/c1-32(2,3)40-31(39)38-29(21-10-8-9-11-21)30-36-20-28(37-30)24-14-16-26-22(18-24)12-13-23-19-25(15-17-27(23)26)35-41-33(4,5)34(6,7)42-35/h14-21,29H,8-13H2,1-7H3,(H,36,37)(H,38,39). The van der Waals surface area contributed by atoms with Crippen LogP contribution in [0.4, 0.5) is 4.79 Å². The first kappa shape index (κ1) is 29.0. The number of aryl methyl sites for hydroxylation is 2. The van der Waals surface area contributed by atoms with Gasteiger partial charge in [0.05, 0.1) is 29.1 Å². The molecule has 1 saturated carbocycles. The summed E-state index contributed by atoms with van der Waals surface area (Å²) in [7, 11) is -0.350. The lowest BCUT2D eigenvalue weighted by molar-refractivity contribution is 0.00578. The molecule has 1 aromatic heterocycles. The van der Waals surface area contributed by atoms with Crippen molar-refractivity contribution in [3.05, 3.63) is 59.5 Å². The number of ether oxygens (including phenoxy) is 1. The number of nitrogens with zero attached hydrogens (tertiary/aromatic N) is 1. The maximum absolute atomic E-state index is 12.7. The highest BCUT2D eigenvalue weighted by Gasteiger charge is 2.51. The predicted octanol–water partition coefficient (Wildman–Crippen LogP) is 6.90. The van der Waals surface area contributed by atoms with Crippen LogP contribution in [-0.4, -0.2) is 40.0 Å². The van der Waals surface area contributed by atoms with E-state index in [0.717, 1.165) is 48.2 Å². The van der Waals surface area contributed by atoms with Gasteiger partial charge in [-0.2, -0.15) is 0 Å². The molecule has 1 unspecified atom stereocenters. The van der Waals surface area contributed by atoms with Gasteiger partial charge in [-0.1, -0.05) is 43.2 Å². The van der Waals surface area contributed by atoms with Gasteiger partial charge in [-0.15, -0.1) is 0 Å². The number of carbonyl (C=O) groups excluding carboxylic acids is 1. The Hall–Kier alpha value is -3.10. The second kappa shape index (κ2) is 10.6. The smallest absolute Gasteiger partial charge is 0.444 e. The molecule has 222 valence electrons. The summed E-state index contributed by atoms with van der Waals surface area (Å²) in [4.78, 5) is 21.0. The third-order valence-electron chi connectivity index (χ3n) is 9.46. The SMILES string of the molecule is CC(C)(C)OC(=O)NC(c1ncc(-c2ccc3c(c2)CCc2cc(B4OC(C)(C)C(C)(C)O4)ccc2-3)[nH]1)C1CCCC1. The maximum Gasteiger partial charge on any atom is 0.494 e. The summed E-state index contributed by atoms with van der Waals surface area (Å²) in [6, 6.07) is 13.1. The zero-order valence-corrected chi connectivity index (χ0v) is 26.1. The van der Waals surface area contributed by atoms with E-state index < -0.39 is 11.7 Å². The van der Waals surface area contributed by atoms with E-state index in [-0.39, 0.29) is 24.4 Å². The van der Waals surface area contributed by atoms with Gasteiger partial charge in [-0.05, 0) is 119 Å². The van der Waals surface area contributed by atoms with Crippen molar-refractivity contribution in [2.24, 2.45) is 5.92 Å². The van der Waals surface area contributed by atoms with Gasteiger partial charge < -0.3 is 24.3 Å². The molecule has 2 aromatic carbocycles. The number of nitrogens with one attached hydrogen (secondary N) is 2. The van der Waals surface area contributed by atoms with Crippen LogP contribution < -0.4 is 10.8 Å². The Morgan fingerprint density at radius 1 is 1.00 bits per heavy atom. The van der Waals surface area contributed by atoms with E-state index >= 15 is 0 Å². The van der Waals surface area contributed by atoms with Gasteiger partial charge in [0.1, 0.15) is 11.4 Å². The predicted molar refractivity (Wildman–Crippen MR) is 167 cm³/mol. The minimum Gasteiger partial charge on any atom is -0.444 e. The van der Waals surface area contributed by atoms with Crippen LogP contribution in [0.1, 0.15) is 97.1 Å². The zero-order chi connectivity index (χ0) is 29.9. The molecule has 2 fully saturated rings. The molecule has 7 nitrogen and oxygen atoms in total. The van der Waals surface area contributed by atoms with Crippen LogP contribution in [-0.2, 0) is 26.9 Å². The second-order valence-electron chi connectivity index (χ2n) is 14.2. The van der Waals surface area contributed by atoms with Crippen LogP contribution in [0.25, 0.3) is 22.4 Å². The van der Waals surface area contributed by atoms with Crippen LogP contribution in [0.5, 0.6) is 0 Å². The van der Waals surface area contributed by atoms with Crippen molar-refractivity contribution in [3.8, 4) is 22.4 Å². The number of fused-ring (bicyclic) bond motifs is 3. The number of aromatic amines is 1. The van der Waals surface area contributed by atoms with Crippen molar-refractivity contribution in [3.63, 3.8) is 0 Å². The summed E-state index contributed by atoms with van der Waals surface area (Å²) >= 11 is 0. The van der Waals surface area contributed by atoms with Crippen molar-refractivity contribution in [2.45, 2.75) is 110 Å². The van der Waals surface area contributed by atoms with Crippen LogP contribution in [0.2, 0.25) is 0 Å². The molecule has 6 rings (SSSR count). The summed E-state index contributed by atoms with van der Waals surface area (Å²) < 4.78 is 18.2. The summed E-state index contributed by atoms with van der Waals surface area (Å²) in [5, 5.41) is 3.12. The molecule has 2 heterocycles. The Balaban J connectivity index is 1.22. The molecule has 2 aliphatic carbocycles. The summed E-state index contributed by atoms with van der Waals surface area (Å²) in [5.41, 5.74) is 7.10. The molecule has 3 aliphatic rings. The van der Waals surface area contributed by atoms with Crippen molar-refractivity contribution in [2.75, 3.05) is 0 Å². The Morgan fingerprint density at radius 3 is 2.26 bits per heavy atom. The number of benzene rings is 2. The fourth-order valence-electron chi connectivity index (χ4n) is 6.49. The average molecular weight is 570 g/mol. The van der Waals surface area contributed by atoms with Gasteiger partial charge in [-0.25, -0.2) is 9.78 Å². The third kappa shape index (κ3) is 5.63. The van der Waals surface area contributed by atoms with Gasteiger partial charge in [0.25, 0.3) is 0 Å². The maximum atomic E-state index is 12.7. The average Bonchev–Trinajstić information content (AvgIpc) is 3.66. The highest BCUT2D eigenvalue weighted by molar-refractivity contribution is 6.62. The van der Waals surface area contributed by atoms with Crippen molar-refractivity contribution >= 4 is 18.7 Å². The van der Waals surface area contributed by atoms with Crippen LogP contribution in [0.15, 0.2) is 42.6 Å². The molecule has 2 N–H and O–H groups in total. The van der Waals surface area contributed by atoms with Crippen molar-refractivity contribution in [1.82, 2.24) is 15.3 Å². The number of carbonyl (C=O) groups is 1. The Kier molecular flexibility index (Phi) is 7.29. The van der Waals surface area contributed by atoms with Gasteiger partial charge in [-0.3, -0.25) is 0 Å². The Morgan fingerprint density at radius 2 is 1.62 bits per heavy atom. The van der Waals surface area contributed by atoms with Crippen molar-refractivity contribution in [1.29, 1.82) is 0 Å². The zero-order valence-electron chi connectivity index (χ0n) is 26.1. The lowest BCUT2D eigenvalue weighted by atomic mass is 9.75. The number of amides is 1. The van der Waals surface area contributed by atoms with E-state index in [1.165, 1.54) is 35.1 Å². The first-order chi connectivity index (χ1) is 19.8. The molecule has 1 atom stereocenters. The first-order valence-corrected chi connectivity index (χ1v) is 15.5. The molecule has 0 spiro atoms. The number of rotatable bonds is 5. The molecule has 42 heavy (non-hydrogen) atoms. The number of H-pyrrole nitrogens is 1. The number of hydrogen-bond donors (Lipinski definition) is 2. The molecule has 1 saturated heterocycles. The van der Waals surface area contributed by atoms with Gasteiger partial charge in [0.15, 0.2) is 0 Å². The highest BCUT2D eigenvalue weighted by Crippen LogP contribution is 2.39. The molecule has 1 amide bonds. The Labute approximate surface area is 250 Å². The monoisotopic (exact) mass is 569 g/mol. The fourth-order valence-corrected chi connectivity index (χ4v) is 6.49. The molecule has 8 heteroatoms. The molecule has 1 aliphatic heterocycles. The van der Waals surface area contributed by atoms with Gasteiger partial charge in [0, 0.05) is 0 Å². The topological polar surface area (TPSA) is 85.5 Å². The quantitative estimate of drug-likeness (QED) is 0.327. The second-order valence-corrected chi connectivity index (χ2v) is 14.2. The molecule has 3 aromatic rings. The minimum absolute atomic E-state index is 0.196. The van der Waals surface area contributed by atoms with E-state index in [4.69, 9.17) is 19.0 Å². The number of alkyl carbamates (subject to hydrolysis) is 1. The van der Waals surface area contributed by atoms with Gasteiger partial charge >= 0.3 is 13.2 Å². The highest BCUT2D eigenvalue weighted by atomic mass is 16.7. The number of aromatic nitrogens is 2. The van der Waals surface area contributed by atoms with Gasteiger partial charge in [0.2, 0.25) is 0 Å². The van der Waals surface area contributed by atoms with E-state index in [1.54, 1.807) is 0 Å². The molecular weight excluding hydrogens is 525 g/mol.